The summed E-state index contributed by atoms with van der Waals surface area (Å²) in [6.07, 6.45) is -0.0456. The summed E-state index contributed by atoms with van der Waals surface area (Å²) >= 11 is 4.04. The number of primary amides is 1. The molecule has 0 spiro atoms. The number of nitrogens with two attached hydrogens (primary N) is 2. The number of hydrogen-bond donors (Lipinski definition) is 8. The molecule has 1 saturated heterocycles. The monoisotopic (exact) mass is 574 g/mol. The molecule has 5 amide bonds. The summed E-state index contributed by atoms with van der Waals surface area (Å²) in [6, 6.07) is -6.01. The topological polar surface area (TPSA) is 251 Å². The normalized spacial score (nSPS) is 18.0. The molecule has 9 N–H and O–H groups in total. The van der Waals surface area contributed by atoms with E-state index in [0.29, 0.717) is 12.8 Å². The maximum atomic E-state index is 13.1. The lowest BCUT2D eigenvalue weighted by Gasteiger charge is -2.29. The zero-order chi connectivity index (χ0) is 29.9. The summed E-state index contributed by atoms with van der Waals surface area (Å²) in [5.74, 6) is -6.64. The molecule has 0 aromatic carbocycles. The lowest BCUT2D eigenvalue weighted by molar-refractivity contribution is -0.143. The van der Waals surface area contributed by atoms with Crippen LogP contribution in [0.25, 0.3) is 0 Å². The third-order valence-corrected chi connectivity index (χ3v) is 6.37. The standard InChI is InChI=1S/C23H38N6O9S/c1-11(2)8-13(19(33)28-15(10-39)20(34)27-14(23(37)38)9-17(25)30)26-21(35)16-4-3-7-29(16)22(36)12(24)5-6-18(31)32/h11-16,39H,3-10,24H2,1-2H3,(H2,25,30)(H,26,35)(H,27,34)(H,28,33)(H,31,32)(H,37,38)/t12-,13-,14-,15-,16-/m0/s1. The number of hydrogen-bond acceptors (Lipinski definition) is 9. The summed E-state index contributed by atoms with van der Waals surface area (Å²) in [7, 11) is 0. The van der Waals surface area contributed by atoms with Crippen molar-refractivity contribution < 1.29 is 43.8 Å². The van der Waals surface area contributed by atoms with E-state index in [0.717, 1.165) is 0 Å². The Labute approximate surface area is 231 Å². The van der Waals surface area contributed by atoms with Crippen molar-refractivity contribution in [1.82, 2.24) is 20.9 Å². The molecule has 5 atom stereocenters. The van der Waals surface area contributed by atoms with E-state index < -0.39 is 78.1 Å². The Morgan fingerprint density at radius 1 is 0.974 bits per heavy atom. The van der Waals surface area contributed by atoms with Gasteiger partial charge in [0.2, 0.25) is 29.5 Å². The minimum Gasteiger partial charge on any atom is -0.481 e. The van der Waals surface area contributed by atoms with Gasteiger partial charge in [-0.3, -0.25) is 28.8 Å². The van der Waals surface area contributed by atoms with E-state index in [-0.39, 0.29) is 37.5 Å². The fourth-order valence-corrected chi connectivity index (χ4v) is 4.29. The molecule has 1 aliphatic rings. The van der Waals surface area contributed by atoms with Crippen LogP contribution in [0.2, 0.25) is 0 Å². The number of thiol groups is 1. The molecule has 0 aliphatic carbocycles. The highest BCUT2D eigenvalue weighted by Crippen LogP contribution is 2.20. The number of aliphatic carboxylic acids is 2. The first kappa shape index (κ1) is 33.6. The summed E-state index contributed by atoms with van der Waals surface area (Å²) < 4.78 is 0. The second kappa shape index (κ2) is 15.9. The van der Waals surface area contributed by atoms with Gasteiger partial charge in [0.15, 0.2) is 0 Å². The highest BCUT2D eigenvalue weighted by Gasteiger charge is 2.38. The molecular weight excluding hydrogens is 536 g/mol. The number of amides is 5. The van der Waals surface area contributed by atoms with E-state index in [1.807, 2.05) is 13.8 Å². The Hall–Kier alpha value is -3.40. The van der Waals surface area contributed by atoms with Crippen molar-refractivity contribution in [2.75, 3.05) is 12.3 Å². The van der Waals surface area contributed by atoms with Gasteiger partial charge in [0.25, 0.3) is 0 Å². The van der Waals surface area contributed by atoms with Crippen LogP contribution in [0.5, 0.6) is 0 Å². The van der Waals surface area contributed by atoms with E-state index in [9.17, 15) is 38.7 Å². The zero-order valence-electron chi connectivity index (χ0n) is 21.9. The van der Waals surface area contributed by atoms with Crippen LogP contribution in [0.15, 0.2) is 0 Å². The van der Waals surface area contributed by atoms with Crippen LogP contribution in [0.4, 0.5) is 0 Å². The second-order valence-corrected chi connectivity index (χ2v) is 10.1. The van der Waals surface area contributed by atoms with E-state index in [4.69, 9.17) is 16.6 Å². The van der Waals surface area contributed by atoms with Crippen LogP contribution >= 0.6 is 12.6 Å². The maximum Gasteiger partial charge on any atom is 0.326 e. The molecular formula is C23H38N6O9S. The van der Waals surface area contributed by atoms with Crippen molar-refractivity contribution >= 4 is 54.1 Å². The minimum absolute atomic E-state index is 0.0676. The fraction of sp³-hybridized carbons (Fsp3) is 0.696. The Morgan fingerprint density at radius 3 is 2.08 bits per heavy atom. The number of likely N-dealkylation sites (tertiary alicyclic amines) is 1. The Balaban J connectivity index is 2.94. The average molecular weight is 575 g/mol. The van der Waals surface area contributed by atoms with Crippen molar-refractivity contribution in [1.29, 1.82) is 0 Å². The van der Waals surface area contributed by atoms with Gasteiger partial charge in [0.1, 0.15) is 24.2 Å². The second-order valence-electron chi connectivity index (χ2n) is 9.73. The molecule has 15 nitrogen and oxygen atoms in total. The lowest BCUT2D eigenvalue weighted by atomic mass is 10.0. The van der Waals surface area contributed by atoms with Gasteiger partial charge in [0.05, 0.1) is 12.5 Å². The van der Waals surface area contributed by atoms with Crippen LogP contribution in [0, 0.1) is 5.92 Å². The molecule has 16 heteroatoms. The van der Waals surface area contributed by atoms with Gasteiger partial charge in [-0.1, -0.05) is 13.8 Å². The molecule has 0 aromatic rings. The highest BCUT2D eigenvalue weighted by atomic mass is 32.1. The Morgan fingerprint density at radius 2 is 1.56 bits per heavy atom. The molecule has 0 aromatic heterocycles. The van der Waals surface area contributed by atoms with Gasteiger partial charge < -0.3 is 42.5 Å². The SMILES string of the molecule is CC(C)C[C@H](NC(=O)[C@@H]1CCCN1C(=O)[C@@H](N)CCC(=O)O)C(=O)N[C@@H](CS)C(=O)N[C@@H](CC(N)=O)C(=O)O. The first-order chi connectivity index (χ1) is 18.2. The third-order valence-electron chi connectivity index (χ3n) is 6.00. The first-order valence-electron chi connectivity index (χ1n) is 12.5. The van der Waals surface area contributed by atoms with Gasteiger partial charge in [-0.15, -0.1) is 0 Å². The lowest BCUT2D eigenvalue weighted by Crippen LogP contribution is -2.59. The van der Waals surface area contributed by atoms with Crippen LogP contribution < -0.4 is 27.4 Å². The zero-order valence-corrected chi connectivity index (χ0v) is 22.8. The molecule has 220 valence electrons. The number of carboxylic acid groups (broad SMARTS) is 2. The minimum atomic E-state index is -1.60. The van der Waals surface area contributed by atoms with Crippen LogP contribution in [0.3, 0.4) is 0 Å². The summed E-state index contributed by atoms with van der Waals surface area (Å²) in [6.45, 7) is 3.86. The highest BCUT2D eigenvalue weighted by molar-refractivity contribution is 7.80. The van der Waals surface area contributed by atoms with Crippen LogP contribution in [-0.4, -0.2) is 99.1 Å². The Bertz CT molecular complexity index is 947. The van der Waals surface area contributed by atoms with E-state index >= 15 is 0 Å². The Kier molecular flexibility index (Phi) is 13.7. The van der Waals surface area contributed by atoms with Crippen molar-refractivity contribution in [2.45, 2.75) is 82.6 Å². The molecule has 1 fully saturated rings. The smallest absolute Gasteiger partial charge is 0.326 e. The molecule has 1 rings (SSSR count). The van der Waals surface area contributed by atoms with Gasteiger partial charge in [-0.2, -0.15) is 12.6 Å². The number of nitrogens with zero attached hydrogens (tertiary/aromatic N) is 1. The van der Waals surface area contributed by atoms with Gasteiger partial charge >= 0.3 is 11.9 Å². The quantitative estimate of drug-likeness (QED) is 0.0904. The summed E-state index contributed by atoms with van der Waals surface area (Å²) in [5.41, 5.74) is 10.9. The molecule has 0 bridgehead atoms. The summed E-state index contributed by atoms with van der Waals surface area (Å²) in [4.78, 5) is 86.1. The molecule has 0 saturated carbocycles. The van der Waals surface area contributed by atoms with Crippen LogP contribution in [0.1, 0.15) is 52.4 Å². The number of carbonyl (C=O) groups is 7. The maximum absolute atomic E-state index is 13.1. The van der Waals surface area contributed by atoms with Crippen molar-refractivity contribution in [3.63, 3.8) is 0 Å². The number of carboxylic acids is 2. The number of rotatable bonds is 16. The predicted octanol–water partition coefficient (Wildman–Crippen LogP) is -2.44. The molecule has 39 heavy (non-hydrogen) atoms. The predicted molar refractivity (Wildman–Crippen MR) is 140 cm³/mol. The van der Waals surface area contributed by atoms with Crippen LogP contribution in [-0.2, 0) is 33.6 Å². The van der Waals surface area contributed by atoms with Crippen molar-refractivity contribution in [3.05, 3.63) is 0 Å². The van der Waals surface area contributed by atoms with Gasteiger partial charge in [-0.25, -0.2) is 4.79 Å². The molecule has 0 radical (unpaired) electrons. The van der Waals surface area contributed by atoms with Gasteiger partial charge in [0, 0.05) is 18.7 Å². The molecule has 0 unspecified atom stereocenters. The number of nitrogens with one attached hydrogen (secondary N) is 3. The van der Waals surface area contributed by atoms with Gasteiger partial charge in [-0.05, 0) is 31.6 Å². The third kappa shape index (κ3) is 11.1. The van der Waals surface area contributed by atoms with Crippen molar-refractivity contribution in [3.8, 4) is 0 Å². The number of carbonyl (C=O) groups excluding carboxylic acids is 5. The fourth-order valence-electron chi connectivity index (χ4n) is 4.03. The first-order valence-corrected chi connectivity index (χ1v) is 13.1. The summed E-state index contributed by atoms with van der Waals surface area (Å²) in [5, 5.41) is 25.2. The molecule has 1 heterocycles. The average Bonchev–Trinajstić information content (AvgIpc) is 3.33. The van der Waals surface area contributed by atoms with E-state index in [1.54, 1.807) is 0 Å². The van der Waals surface area contributed by atoms with Crippen molar-refractivity contribution in [2.24, 2.45) is 17.4 Å². The van der Waals surface area contributed by atoms with E-state index in [2.05, 4.69) is 28.6 Å². The van der Waals surface area contributed by atoms with E-state index in [1.165, 1.54) is 4.90 Å². The largest absolute Gasteiger partial charge is 0.481 e. The molecule has 1 aliphatic heterocycles.